The fourth-order valence-corrected chi connectivity index (χ4v) is 2.98. The highest BCUT2D eigenvalue weighted by atomic mass is 15.3. The maximum absolute atomic E-state index is 6.01. The quantitative estimate of drug-likeness (QED) is 0.872. The van der Waals surface area contributed by atoms with Gasteiger partial charge in [0.05, 0.1) is 12.2 Å². The molecule has 2 atom stereocenters. The third-order valence-corrected chi connectivity index (χ3v) is 4.05. The van der Waals surface area contributed by atoms with Crippen LogP contribution in [0.4, 0.5) is 0 Å². The van der Waals surface area contributed by atoms with Crippen molar-refractivity contribution in [1.82, 2.24) is 14.7 Å². The Labute approximate surface area is 110 Å². The Hall–Kier alpha value is -0.870. The van der Waals surface area contributed by atoms with Gasteiger partial charge in [-0.15, -0.1) is 0 Å². The molecule has 102 valence electrons. The number of likely N-dealkylation sites (tertiary alicyclic amines) is 1. The summed E-state index contributed by atoms with van der Waals surface area (Å²) in [6.45, 7) is 8.43. The lowest BCUT2D eigenvalue weighted by molar-refractivity contribution is 0.180. The molecule has 0 aliphatic carbocycles. The van der Waals surface area contributed by atoms with Crippen molar-refractivity contribution in [3.8, 4) is 0 Å². The molecule has 1 aromatic rings. The van der Waals surface area contributed by atoms with Crippen LogP contribution in [0.5, 0.6) is 0 Å². The van der Waals surface area contributed by atoms with Crippen molar-refractivity contribution in [3.05, 3.63) is 18.0 Å². The summed E-state index contributed by atoms with van der Waals surface area (Å²) in [6.07, 6.45) is 7.98. The molecular formula is C14H26N4. The molecule has 0 aromatic carbocycles. The van der Waals surface area contributed by atoms with E-state index in [0.717, 1.165) is 0 Å². The zero-order chi connectivity index (χ0) is 13.1. The van der Waals surface area contributed by atoms with Crippen LogP contribution >= 0.6 is 0 Å². The average molecular weight is 250 g/mol. The molecule has 18 heavy (non-hydrogen) atoms. The molecule has 0 amide bonds. The van der Waals surface area contributed by atoms with Gasteiger partial charge in [0.1, 0.15) is 0 Å². The molecule has 2 N–H and O–H groups in total. The Kier molecular flexibility index (Phi) is 4.40. The Morgan fingerprint density at radius 2 is 2.28 bits per heavy atom. The van der Waals surface area contributed by atoms with Gasteiger partial charge >= 0.3 is 0 Å². The smallest absolute Gasteiger partial charge is 0.0538 e. The van der Waals surface area contributed by atoms with Gasteiger partial charge < -0.3 is 5.73 Å². The number of hydrogen-bond acceptors (Lipinski definition) is 3. The molecule has 1 aliphatic rings. The molecule has 2 rings (SSSR count). The molecule has 1 fully saturated rings. The van der Waals surface area contributed by atoms with Crippen LogP contribution in [-0.2, 0) is 0 Å². The van der Waals surface area contributed by atoms with E-state index in [1.165, 1.54) is 31.4 Å². The SMILES string of the molecule is CCC1CCCN1C(CN)c1cnn(C(C)C)c1. The number of hydrogen-bond donors (Lipinski definition) is 1. The van der Waals surface area contributed by atoms with Crippen LogP contribution in [0.1, 0.15) is 57.7 Å². The first-order valence-corrected chi connectivity index (χ1v) is 7.17. The van der Waals surface area contributed by atoms with Crippen molar-refractivity contribution in [2.75, 3.05) is 13.1 Å². The van der Waals surface area contributed by atoms with E-state index in [0.29, 0.717) is 24.7 Å². The van der Waals surface area contributed by atoms with Gasteiger partial charge in [-0.25, -0.2) is 0 Å². The third kappa shape index (κ3) is 2.59. The summed E-state index contributed by atoms with van der Waals surface area (Å²) in [4.78, 5) is 2.57. The molecule has 1 aliphatic heterocycles. The fourth-order valence-electron chi connectivity index (χ4n) is 2.98. The van der Waals surface area contributed by atoms with Crippen molar-refractivity contribution in [3.63, 3.8) is 0 Å². The number of nitrogens with zero attached hydrogens (tertiary/aromatic N) is 3. The molecule has 0 radical (unpaired) electrons. The first-order valence-electron chi connectivity index (χ1n) is 7.17. The highest BCUT2D eigenvalue weighted by molar-refractivity contribution is 5.13. The second kappa shape index (κ2) is 5.85. The second-order valence-electron chi connectivity index (χ2n) is 5.54. The lowest BCUT2D eigenvalue weighted by atomic mass is 10.1. The van der Waals surface area contributed by atoms with E-state index in [9.17, 15) is 0 Å². The van der Waals surface area contributed by atoms with Crippen LogP contribution in [-0.4, -0.2) is 33.8 Å². The summed E-state index contributed by atoms with van der Waals surface area (Å²) in [5.41, 5.74) is 7.28. The minimum Gasteiger partial charge on any atom is -0.329 e. The monoisotopic (exact) mass is 250 g/mol. The number of aromatic nitrogens is 2. The van der Waals surface area contributed by atoms with E-state index in [1.54, 1.807) is 0 Å². The summed E-state index contributed by atoms with van der Waals surface area (Å²) in [5, 5.41) is 4.44. The zero-order valence-electron chi connectivity index (χ0n) is 11.8. The topological polar surface area (TPSA) is 47.1 Å². The zero-order valence-corrected chi connectivity index (χ0v) is 11.8. The molecular weight excluding hydrogens is 224 g/mol. The van der Waals surface area contributed by atoms with E-state index in [4.69, 9.17) is 5.73 Å². The summed E-state index contributed by atoms with van der Waals surface area (Å²) >= 11 is 0. The highest BCUT2D eigenvalue weighted by Gasteiger charge is 2.30. The average Bonchev–Trinajstić information content (AvgIpc) is 2.98. The molecule has 0 bridgehead atoms. The Morgan fingerprint density at radius 3 is 2.83 bits per heavy atom. The lowest BCUT2D eigenvalue weighted by Crippen LogP contribution is -2.37. The fraction of sp³-hybridized carbons (Fsp3) is 0.786. The largest absolute Gasteiger partial charge is 0.329 e. The normalized spacial score (nSPS) is 22.8. The van der Waals surface area contributed by atoms with Gasteiger partial charge in [-0.3, -0.25) is 9.58 Å². The van der Waals surface area contributed by atoms with Crippen LogP contribution in [0.3, 0.4) is 0 Å². The Balaban J connectivity index is 2.16. The maximum Gasteiger partial charge on any atom is 0.0538 e. The van der Waals surface area contributed by atoms with Gasteiger partial charge in [-0.2, -0.15) is 5.10 Å². The molecule has 4 nitrogen and oxygen atoms in total. The van der Waals surface area contributed by atoms with Crippen LogP contribution in [0.2, 0.25) is 0 Å². The predicted molar refractivity (Wildman–Crippen MR) is 74.4 cm³/mol. The predicted octanol–water partition coefficient (Wildman–Crippen LogP) is 2.34. The Morgan fingerprint density at radius 1 is 1.50 bits per heavy atom. The van der Waals surface area contributed by atoms with Crippen molar-refractivity contribution in [2.45, 2.75) is 58.2 Å². The summed E-state index contributed by atoms with van der Waals surface area (Å²) in [7, 11) is 0. The Bertz CT molecular complexity index is 372. The minimum absolute atomic E-state index is 0.338. The van der Waals surface area contributed by atoms with Crippen molar-refractivity contribution >= 4 is 0 Å². The molecule has 1 aromatic heterocycles. The number of nitrogens with two attached hydrogens (primary N) is 1. The van der Waals surface area contributed by atoms with E-state index in [1.807, 2.05) is 10.9 Å². The van der Waals surface area contributed by atoms with Crippen LogP contribution in [0, 0.1) is 0 Å². The van der Waals surface area contributed by atoms with Gasteiger partial charge in [0.2, 0.25) is 0 Å². The van der Waals surface area contributed by atoms with E-state index in [2.05, 4.69) is 37.0 Å². The van der Waals surface area contributed by atoms with Crippen molar-refractivity contribution in [1.29, 1.82) is 0 Å². The lowest BCUT2D eigenvalue weighted by Gasteiger charge is -2.31. The van der Waals surface area contributed by atoms with Gasteiger partial charge in [0.15, 0.2) is 0 Å². The molecule has 1 saturated heterocycles. The van der Waals surface area contributed by atoms with Crippen LogP contribution in [0.15, 0.2) is 12.4 Å². The first kappa shape index (κ1) is 13.6. The molecule has 2 unspecified atom stereocenters. The molecule has 0 spiro atoms. The molecule has 2 heterocycles. The number of rotatable bonds is 5. The highest BCUT2D eigenvalue weighted by Crippen LogP contribution is 2.30. The molecule has 4 heteroatoms. The van der Waals surface area contributed by atoms with Crippen LogP contribution in [0.25, 0.3) is 0 Å². The first-order chi connectivity index (χ1) is 8.67. The van der Waals surface area contributed by atoms with Gasteiger partial charge in [-0.1, -0.05) is 6.92 Å². The van der Waals surface area contributed by atoms with Crippen molar-refractivity contribution < 1.29 is 0 Å². The summed E-state index contributed by atoms with van der Waals surface area (Å²) < 4.78 is 2.02. The van der Waals surface area contributed by atoms with Crippen molar-refractivity contribution in [2.24, 2.45) is 5.73 Å². The maximum atomic E-state index is 6.01. The standard InChI is InChI=1S/C14H26N4/c1-4-13-6-5-7-17(13)14(8-15)12-9-16-18(10-12)11(2)3/h9-11,13-14H,4-8,15H2,1-3H3. The summed E-state index contributed by atoms with van der Waals surface area (Å²) in [6, 6.07) is 1.45. The third-order valence-electron chi connectivity index (χ3n) is 4.05. The van der Waals surface area contributed by atoms with E-state index < -0.39 is 0 Å². The van der Waals surface area contributed by atoms with E-state index in [-0.39, 0.29) is 0 Å². The second-order valence-corrected chi connectivity index (χ2v) is 5.54. The minimum atomic E-state index is 0.338. The van der Waals surface area contributed by atoms with Gasteiger partial charge in [0.25, 0.3) is 0 Å². The molecule has 0 saturated carbocycles. The van der Waals surface area contributed by atoms with E-state index >= 15 is 0 Å². The van der Waals surface area contributed by atoms with Crippen LogP contribution < -0.4 is 5.73 Å². The summed E-state index contributed by atoms with van der Waals surface area (Å²) in [5.74, 6) is 0. The van der Waals surface area contributed by atoms with Gasteiger partial charge in [-0.05, 0) is 39.7 Å². The van der Waals surface area contributed by atoms with Gasteiger partial charge in [0, 0.05) is 30.4 Å².